The zero-order valence-electron chi connectivity index (χ0n) is 16.1. The SMILES string of the molecule is COc1ccccc1N(C)S(=O)(=O)c1ccc(C(=O)Nc2c(F)cccc2F)cc1. The number of rotatable bonds is 6. The zero-order chi connectivity index (χ0) is 21.9. The maximum Gasteiger partial charge on any atom is 0.264 e. The number of para-hydroxylation sites is 3. The van der Waals surface area contributed by atoms with E-state index in [2.05, 4.69) is 5.32 Å². The van der Waals surface area contributed by atoms with Gasteiger partial charge in [0.2, 0.25) is 0 Å². The van der Waals surface area contributed by atoms with E-state index in [9.17, 15) is 22.0 Å². The van der Waals surface area contributed by atoms with E-state index in [1.165, 1.54) is 44.5 Å². The molecule has 0 fully saturated rings. The molecule has 0 radical (unpaired) electrons. The zero-order valence-corrected chi connectivity index (χ0v) is 16.9. The molecule has 1 N–H and O–H groups in total. The van der Waals surface area contributed by atoms with Crippen LogP contribution in [0.4, 0.5) is 20.2 Å². The third-order valence-electron chi connectivity index (χ3n) is 4.40. The Morgan fingerprint density at radius 2 is 1.53 bits per heavy atom. The summed E-state index contributed by atoms with van der Waals surface area (Å²) in [4.78, 5) is 12.2. The molecule has 0 atom stereocenters. The predicted octanol–water partition coefficient (Wildman–Crippen LogP) is 4.05. The van der Waals surface area contributed by atoms with Crippen LogP contribution >= 0.6 is 0 Å². The first-order valence-corrected chi connectivity index (χ1v) is 10.2. The van der Waals surface area contributed by atoms with Crippen LogP contribution in [0.2, 0.25) is 0 Å². The number of nitrogens with zero attached hydrogens (tertiary/aromatic N) is 1. The third kappa shape index (κ3) is 4.11. The van der Waals surface area contributed by atoms with Gasteiger partial charge in [-0.05, 0) is 48.5 Å². The third-order valence-corrected chi connectivity index (χ3v) is 6.19. The van der Waals surface area contributed by atoms with Crippen molar-refractivity contribution < 1.29 is 26.7 Å². The van der Waals surface area contributed by atoms with Crippen molar-refractivity contribution in [1.82, 2.24) is 0 Å². The van der Waals surface area contributed by atoms with Crippen molar-refractivity contribution in [1.29, 1.82) is 0 Å². The second kappa shape index (κ2) is 8.50. The molecule has 0 unspecified atom stereocenters. The fraction of sp³-hybridized carbons (Fsp3) is 0.0952. The van der Waals surface area contributed by atoms with Gasteiger partial charge >= 0.3 is 0 Å². The lowest BCUT2D eigenvalue weighted by molar-refractivity contribution is 0.102. The molecule has 156 valence electrons. The quantitative estimate of drug-likeness (QED) is 0.638. The number of methoxy groups -OCH3 is 1. The van der Waals surface area contributed by atoms with Crippen molar-refractivity contribution in [3.8, 4) is 5.75 Å². The van der Waals surface area contributed by atoms with Gasteiger partial charge in [0, 0.05) is 12.6 Å². The lowest BCUT2D eigenvalue weighted by Crippen LogP contribution is -2.27. The molecule has 0 heterocycles. The minimum absolute atomic E-state index is 0.0385. The van der Waals surface area contributed by atoms with Gasteiger partial charge in [-0.15, -0.1) is 0 Å². The van der Waals surface area contributed by atoms with Gasteiger partial charge in [0.15, 0.2) is 0 Å². The number of nitrogens with one attached hydrogen (secondary N) is 1. The molecule has 6 nitrogen and oxygen atoms in total. The van der Waals surface area contributed by atoms with Gasteiger partial charge < -0.3 is 10.1 Å². The minimum atomic E-state index is -3.94. The van der Waals surface area contributed by atoms with E-state index >= 15 is 0 Å². The maximum absolute atomic E-state index is 13.7. The van der Waals surface area contributed by atoms with Crippen molar-refractivity contribution in [2.24, 2.45) is 0 Å². The summed E-state index contributed by atoms with van der Waals surface area (Å²) in [5.74, 6) is -2.23. The number of carbonyl (C=O) groups is 1. The van der Waals surface area contributed by atoms with E-state index in [0.717, 1.165) is 16.4 Å². The predicted molar refractivity (Wildman–Crippen MR) is 109 cm³/mol. The number of halogens is 2. The molecule has 0 aromatic heterocycles. The molecule has 0 bridgehead atoms. The Labute approximate surface area is 172 Å². The Hall–Kier alpha value is -3.46. The second-order valence-electron chi connectivity index (χ2n) is 6.22. The molecule has 1 amide bonds. The highest BCUT2D eigenvalue weighted by Crippen LogP contribution is 2.31. The standard InChI is InChI=1S/C21H18F2N2O4S/c1-25(18-8-3-4-9-19(18)29-2)30(27,28)15-12-10-14(11-13-15)21(26)24-20-16(22)6-5-7-17(20)23/h3-13H,1-2H3,(H,24,26). The number of carbonyl (C=O) groups excluding carboxylic acids is 1. The number of hydrogen-bond donors (Lipinski definition) is 1. The summed E-state index contributed by atoms with van der Waals surface area (Å²) in [6.07, 6.45) is 0. The van der Waals surface area contributed by atoms with E-state index in [-0.39, 0.29) is 10.5 Å². The van der Waals surface area contributed by atoms with Crippen LogP contribution in [-0.4, -0.2) is 28.5 Å². The Bertz CT molecular complexity index is 1160. The van der Waals surface area contributed by atoms with Crippen LogP contribution in [0.25, 0.3) is 0 Å². The number of sulfonamides is 1. The van der Waals surface area contributed by atoms with E-state index in [4.69, 9.17) is 4.74 Å². The summed E-state index contributed by atoms with van der Waals surface area (Å²) >= 11 is 0. The number of amides is 1. The Balaban J connectivity index is 1.85. The number of ether oxygens (including phenoxy) is 1. The van der Waals surface area contributed by atoms with Gasteiger partial charge in [0.1, 0.15) is 23.1 Å². The summed E-state index contributed by atoms with van der Waals surface area (Å²) < 4.78 is 59.6. The smallest absolute Gasteiger partial charge is 0.264 e. The second-order valence-corrected chi connectivity index (χ2v) is 8.19. The van der Waals surface area contributed by atoms with Gasteiger partial charge in [-0.25, -0.2) is 17.2 Å². The Morgan fingerprint density at radius 3 is 2.13 bits per heavy atom. The van der Waals surface area contributed by atoms with E-state index in [0.29, 0.717) is 11.4 Å². The monoisotopic (exact) mass is 432 g/mol. The first-order chi connectivity index (χ1) is 14.3. The fourth-order valence-corrected chi connectivity index (χ4v) is 3.96. The normalized spacial score (nSPS) is 11.1. The van der Waals surface area contributed by atoms with Gasteiger partial charge in [0.05, 0.1) is 17.7 Å². The largest absolute Gasteiger partial charge is 0.495 e. The molecule has 0 aliphatic rings. The van der Waals surface area contributed by atoms with Crippen molar-refractivity contribution in [3.05, 3.63) is 83.9 Å². The average Bonchev–Trinajstić information content (AvgIpc) is 2.75. The van der Waals surface area contributed by atoms with Crippen molar-refractivity contribution in [2.75, 3.05) is 23.8 Å². The average molecular weight is 432 g/mol. The number of anilines is 2. The molecular weight excluding hydrogens is 414 g/mol. The van der Waals surface area contributed by atoms with Crippen LogP contribution in [0, 0.1) is 11.6 Å². The first kappa shape index (κ1) is 21.3. The summed E-state index contributed by atoms with van der Waals surface area (Å²) in [5.41, 5.74) is -0.191. The fourth-order valence-electron chi connectivity index (χ4n) is 2.76. The molecule has 0 saturated carbocycles. The molecule has 30 heavy (non-hydrogen) atoms. The van der Waals surface area contributed by atoms with Gasteiger partial charge in [-0.2, -0.15) is 0 Å². The molecule has 0 aliphatic carbocycles. The number of hydrogen-bond acceptors (Lipinski definition) is 4. The molecule has 3 aromatic carbocycles. The Morgan fingerprint density at radius 1 is 0.933 bits per heavy atom. The maximum atomic E-state index is 13.7. The Kier molecular flexibility index (Phi) is 6.02. The van der Waals surface area contributed by atoms with Gasteiger partial charge in [-0.3, -0.25) is 9.10 Å². The topological polar surface area (TPSA) is 75.7 Å². The van der Waals surface area contributed by atoms with Crippen molar-refractivity contribution in [2.45, 2.75) is 4.90 Å². The van der Waals surface area contributed by atoms with Crippen molar-refractivity contribution >= 4 is 27.3 Å². The van der Waals surface area contributed by atoms with E-state index < -0.39 is 33.3 Å². The molecule has 0 spiro atoms. The highest BCUT2D eigenvalue weighted by Gasteiger charge is 2.24. The molecule has 3 rings (SSSR count). The van der Waals surface area contributed by atoms with Crippen LogP contribution in [0.1, 0.15) is 10.4 Å². The van der Waals surface area contributed by atoms with Crippen molar-refractivity contribution in [3.63, 3.8) is 0 Å². The van der Waals surface area contributed by atoms with Crippen LogP contribution in [0.15, 0.2) is 71.6 Å². The van der Waals surface area contributed by atoms with Crippen LogP contribution in [0.5, 0.6) is 5.75 Å². The highest BCUT2D eigenvalue weighted by atomic mass is 32.2. The van der Waals surface area contributed by atoms with E-state index in [1.54, 1.807) is 24.3 Å². The number of benzene rings is 3. The summed E-state index contributed by atoms with van der Waals surface area (Å²) in [6, 6.07) is 14.9. The van der Waals surface area contributed by atoms with Crippen LogP contribution in [0.3, 0.4) is 0 Å². The minimum Gasteiger partial charge on any atom is -0.495 e. The lowest BCUT2D eigenvalue weighted by atomic mass is 10.2. The lowest BCUT2D eigenvalue weighted by Gasteiger charge is -2.21. The van der Waals surface area contributed by atoms with Crippen LogP contribution in [-0.2, 0) is 10.0 Å². The molecule has 0 aliphatic heterocycles. The summed E-state index contributed by atoms with van der Waals surface area (Å²) in [7, 11) is -1.12. The molecular formula is C21H18F2N2O4S. The first-order valence-electron chi connectivity index (χ1n) is 8.73. The summed E-state index contributed by atoms with van der Waals surface area (Å²) in [6.45, 7) is 0. The molecule has 9 heteroatoms. The molecule has 0 saturated heterocycles. The summed E-state index contributed by atoms with van der Waals surface area (Å²) in [5, 5.41) is 2.15. The van der Waals surface area contributed by atoms with Crippen LogP contribution < -0.4 is 14.4 Å². The molecule has 3 aromatic rings. The van der Waals surface area contributed by atoms with Gasteiger partial charge in [0.25, 0.3) is 15.9 Å². The van der Waals surface area contributed by atoms with E-state index in [1.807, 2.05) is 0 Å². The highest BCUT2D eigenvalue weighted by molar-refractivity contribution is 7.92. The van der Waals surface area contributed by atoms with Gasteiger partial charge in [-0.1, -0.05) is 18.2 Å².